The number of hydrogen-bond donors (Lipinski definition) is 1. The standard InChI is InChI=1S/C16H20N2O4/c1-10-11(2)17-12(3)14(9-22-21-4)16(10)13-7-5-6-8-15(13)18(19)20/h5-8,16-17H,9H2,1-4H3. The summed E-state index contributed by atoms with van der Waals surface area (Å²) in [5, 5.41) is 14.6. The smallest absolute Gasteiger partial charge is 0.273 e. The number of nitro benzene ring substituents is 1. The van der Waals surface area contributed by atoms with Crippen molar-refractivity contribution in [3.05, 3.63) is 62.5 Å². The number of rotatable bonds is 5. The first-order valence-corrected chi connectivity index (χ1v) is 7.00. The van der Waals surface area contributed by atoms with Crippen LogP contribution < -0.4 is 5.32 Å². The predicted octanol–water partition coefficient (Wildman–Crippen LogP) is 3.43. The number of nitro groups is 1. The van der Waals surface area contributed by atoms with Crippen LogP contribution in [0.4, 0.5) is 5.69 Å². The van der Waals surface area contributed by atoms with Crippen LogP contribution in [0.2, 0.25) is 0 Å². The second-order valence-corrected chi connectivity index (χ2v) is 5.26. The summed E-state index contributed by atoms with van der Waals surface area (Å²) in [5.41, 5.74) is 4.68. The molecule has 0 aromatic heterocycles. The molecule has 0 fully saturated rings. The molecule has 1 atom stereocenters. The Morgan fingerprint density at radius 2 is 1.91 bits per heavy atom. The highest BCUT2D eigenvalue weighted by molar-refractivity contribution is 5.53. The van der Waals surface area contributed by atoms with Gasteiger partial charge in [-0.15, -0.1) is 0 Å². The molecule has 1 aliphatic heterocycles. The molecule has 0 saturated carbocycles. The van der Waals surface area contributed by atoms with Gasteiger partial charge in [0, 0.05) is 28.9 Å². The van der Waals surface area contributed by atoms with Crippen LogP contribution in [-0.4, -0.2) is 18.6 Å². The maximum absolute atomic E-state index is 11.4. The van der Waals surface area contributed by atoms with Crippen LogP contribution in [-0.2, 0) is 9.78 Å². The van der Waals surface area contributed by atoms with Crippen LogP contribution in [0.15, 0.2) is 46.8 Å². The van der Waals surface area contributed by atoms with Gasteiger partial charge in [0.25, 0.3) is 5.69 Å². The van der Waals surface area contributed by atoms with E-state index in [1.165, 1.54) is 13.2 Å². The number of allylic oxidation sites excluding steroid dienone is 3. The third-order valence-electron chi connectivity index (χ3n) is 4.01. The summed E-state index contributed by atoms with van der Waals surface area (Å²) in [6.07, 6.45) is 0. The first-order valence-electron chi connectivity index (χ1n) is 7.00. The molecule has 1 unspecified atom stereocenters. The van der Waals surface area contributed by atoms with Crippen LogP contribution in [0, 0.1) is 10.1 Å². The SMILES string of the molecule is COOCC1=C(C)NC(C)=C(C)C1c1ccccc1[N+](=O)[O-]. The first kappa shape index (κ1) is 16.2. The monoisotopic (exact) mass is 304 g/mol. The normalized spacial score (nSPS) is 18.5. The van der Waals surface area contributed by atoms with Gasteiger partial charge >= 0.3 is 0 Å². The van der Waals surface area contributed by atoms with Crippen LogP contribution >= 0.6 is 0 Å². The molecule has 2 rings (SSSR count). The van der Waals surface area contributed by atoms with Crippen LogP contribution in [0.5, 0.6) is 0 Å². The second-order valence-electron chi connectivity index (χ2n) is 5.26. The molecule has 22 heavy (non-hydrogen) atoms. The van der Waals surface area contributed by atoms with E-state index in [1.807, 2.05) is 26.8 Å². The van der Waals surface area contributed by atoms with Crippen molar-refractivity contribution in [3.63, 3.8) is 0 Å². The largest absolute Gasteiger partial charge is 0.363 e. The molecule has 1 aromatic rings. The summed E-state index contributed by atoms with van der Waals surface area (Å²) in [5.74, 6) is -0.196. The van der Waals surface area contributed by atoms with Crippen molar-refractivity contribution in [2.24, 2.45) is 0 Å². The molecule has 1 aliphatic rings. The van der Waals surface area contributed by atoms with Gasteiger partial charge in [-0.3, -0.25) is 10.1 Å². The Morgan fingerprint density at radius 1 is 1.23 bits per heavy atom. The molecular formula is C16H20N2O4. The van der Waals surface area contributed by atoms with Crippen molar-refractivity contribution in [3.8, 4) is 0 Å². The molecule has 0 radical (unpaired) electrons. The van der Waals surface area contributed by atoms with Gasteiger partial charge in [-0.25, -0.2) is 9.78 Å². The Labute approximate surface area is 129 Å². The van der Waals surface area contributed by atoms with E-state index in [0.717, 1.165) is 22.5 Å². The zero-order chi connectivity index (χ0) is 16.3. The van der Waals surface area contributed by atoms with E-state index >= 15 is 0 Å². The Balaban J connectivity index is 2.57. The van der Waals surface area contributed by atoms with Crippen molar-refractivity contribution in [2.75, 3.05) is 13.7 Å². The van der Waals surface area contributed by atoms with Gasteiger partial charge in [0.05, 0.1) is 12.0 Å². The summed E-state index contributed by atoms with van der Waals surface area (Å²) in [7, 11) is 1.44. The van der Waals surface area contributed by atoms with Gasteiger partial charge in [-0.2, -0.15) is 0 Å². The van der Waals surface area contributed by atoms with Crippen molar-refractivity contribution in [1.82, 2.24) is 5.32 Å². The number of para-hydroxylation sites is 1. The number of hydrogen-bond acceptors (Lipinski definition) is 5. The minimum Gasteiger partial charge on any atom is -0.363 e. The fraction of sp³-hybridized carbons (Fsp3) is 0.375. The average molecular weight is 304 g/mol. The molecule has 1 heterocycles. The van der Waals surface area contributed by atoms with Gasteiger partial charge in [-0.05, 0) is 31.9 Å². The van der Waals surface area contributed by atoms with E-state index in [4.69, 9.17) is 9.78 Å². The van der Waals surface area contributed by atoms with Gasteiger partial charge in [0.15, 0.2) is 0 Å². The Bertz CT molecular complexity index is 649. The molecule has 118 valence electrons. The van der Waals surface area contributed by atoms with E-state index < -0.39 is 0 Å². The van der Waals surface area contributed by atoms with Crippen molar-refractivity contribution < 1.29 is 14.7 Å². The lowest BCUT2D eigenvalue weighted by molar-refractivity contribution is -0.385. The van der Waals surface area contributed by atoms with E-state index in [0.29, 0.717) is 5.56 Å². The minimum absolute atomic E-state index is 0.115. The summed E-state index contributed by atoms with van der Waals surface area (Å²) >= 11 is 0. The number of dihydropyridines is 1. The van der Waals surface area contributed by atoms with Gasteiger partial charge in [-0.1, -0.05) is 18.2 Å². The first-order chi connectivity index (χ1) is 10.5. The molecule has 1 N–H and O–H groups in total. The molecule has 1 aromatic carbocycles. The molecule has 0 saturated heterocycles. The molecule has 0 spiro atoms. The maximum atomic E-state index is 11.4. The number of nitrogens with one attached hydrogen (secondary N) is 1. The summed E-state index contributed by atoms with van der Waals surface area (Å²) < 4.78 is 0. The third-order valence-corrected chi connectivity index (χ3v) is 4.01. The Hall–Kier alpha value is -2.18. The highest BCUT2D eigenvalue weighted by Gasteiger charge is 2.31. The fourth-order valence-electron chi connectivity index (χ4n) is 2.79. The van der Waals surface area contributed by atoms with Crippen LogP contribution in [0.3, 0.4) is 0 Å². The highest BCUT2D eigenvalue weighted by Crippen LogP contribution is 2.41. The Kier molecular flexibility index (Phi) is 4.95. The summed E-state index contributed by atoms with van der Waals surface area (Å²) in [6, 6.07) is 6.82. The topological polar surface area (TPSA) is 73.6 Å². The molecule has 6 nitrogen and oxygen atoms in total. The molecular weight excluding hydrogens is 284 g/mol. The fourth-order valence-corrected chi connectivity index (χ4v) is 2.79. The molecule has 0 bridgehead atoms. The molecule has 0 amide bonds. The number of benzene rings is 1. The lowest BCUT2D eigenvalue weighted by Gasteiger charge is -2.30. The van der Waals surface area contributed by atoms with Crippen molar-refractivity contribution in [2.45, 2.75) is 26.7 Å². The zero-order valence-corrected chi connectivity index (χ0v) is 13.2. The zero-order valence-electron chi connectivity index (χ0n) is 13.2. The molecule has 6 heteroatoms. The quantitative estimate of drug-likeness (QED) is 0.512. The van der Waals surface area contributed by atoms with Gasteiger partial charge < -0.3 is 5.32 Å². The van der Waals surface area contributed by atoms with Gasteiger partial charge in [0.1, 0.15) is 6.61 Å². The lowest BCUT2D eigenvalue weighted by atomic mass is 9.81. The van der Waals surface area contributed by atoms with Gasteiger partial charge in [0.2, 0.25) is 0 Å². The van der Waals surface area contributed by atoms with E-state index in [1.54, 1.807) is 12.1 Å². The highest BCUT2D eigenvalue weighted by atomic mass is 17.2. The lowest BCUT2D eigenvalue weighted by Crippen LogP contribution is -2.26. The minimum atomic E-state index is -0.343. The van der Waals surface area contributed by atoms with Crippen molar-refractivity contribution in [1.29, 1.82) is 0 Å². The van der Waals surface area contributed by atoms with Crippen molar-refractivity contribution >= 4 is 5.69 Å². The van der Waals surface area contributed by atoms with E-state index in [-0.39, 0.29) is 23.1 Å². The van der Waals surface area contributed by atoms with E-state index in [2.05, 4.69) is 5.32 Å². The summed E-state index contributed by atoms with van der Waals surface area (Å²) in [6.45, 7) is 6.13. The maximum Gasteiger partial charge on any atom is 0.273 e. The molecule has 0 aliphatic carbocycles. The third kappa shape index (κ3) is 3.03. The Morgan fingerprint density at radius 3 is 2.55 bits per heavy atom. The average Bonchev–Trinajstić information content (AvgIpc) is 2.49. The second kappa shape index (κ2) is 6.72. The van der Waals surface area contributed by atoms with E-state index in [9.17, 15) is 10.1 Å². The van der Waals surface area contributed by atoms with Crippen LogP contribution in [0.25, 0.3) is 0 Å². The predicted molar refractivity (Wildman–Crippen MR) is 83.0 cm³/mol. The summed E-state index contributed by atoms with van der Waals surface area (Å²) in [4.78, 5) is 20.8. The van der Waals surface area contributed by atoms with Crippen LogP contribution in [0.1, 0.15) is 32.3 Å². The number of nitrogens with zero attached hydrogens (tertiary/aromatic N) is 1.